The Morgan fingerprint density at radius 2 is 2.22 bits per heavy atom. The van der Waals surface area contributed by atoms with Crippen molar-refractivity contribution in [2.75, 3.05) is 26.3 Å². The Balaban J connectivity index is 1.77. The largest absolute Gasteiger partial charge is 0.380 e. The number of H-pyrrole nitrogens is 1. The van der Waals surface area contributed by atoms with E-state index in [9.17, 15) is 0 Å². The average Bonchev–Trinajstić information content (AvgIpc) is 2.89. The third-order valence-corrected chi connectivity index (χ3v) is 2.44. The number of aryl methyl sites for hydroxylation is 1. The van der Waals surface area contributed by atoms with Gasteiger partial charge in [-0.3, -0.25) is 0 Å². The van der Waals surface area contributed by atoms with Crippen molar-refractivity contribution in [3.8, 4) is 11.8 Å². The zero-order valence-electron chi connectivity index (χ0n) is 11.0. The third kappa shape index (κ3) is 7.82. The van der Waals surface area contributed by atoms with E-state index in [1.54, 1.807) is 6.20 Å². The van der Waals surface area contributed by atoms with Crippen molar-refractivity contribution in [3.63, 3.8) is 0 Å². The predicted octanol–water partition coefficient (Wildman–Crippen LogP) is 1.15. The molecule has 0 fully saturated rings. The molecule has 0 saturated heterocycles. The van der Waals surface area contributed by atoms with Crippen molar-refractivity contribution >= 4 is 0 Å². The molecular weight excluding hydrogens is 228 g/mol. The van der Waals surface area contributed by atoms with E-state index < -0.39 is 0 Å². The fourth-order valence-electron chi connectivity index (χ4n) is 1.51. The van der Waals surface area contributed by atoms with Crippen LogP contribution in [0.4, 0.5) is 0 Å². The minimum Gasteiger partial charge on any atom is -0.380 e. The molecule has 0 spiro atoms. The van der Waals surface area contributed by atoms with Gasteiger partial charge in [-0.15, -0.1) is 11.8 Å². The van der Waals surface area contributed by atoms with Gasteiger partial charge >= 0.3 is 0 Å². The maximum absolute atomic E-state index is 5.44. The van der Waals surface area contributed by atoms with Crippen molar-refractivity contribution < 1.29 is 4.74 Å². The standard InChI is InChI=1S/C13H22N4O/c1-2-3-4-10-18-11-6-9-14-8-5-7-13-12-15-17-16-13/h12,14H,4-11H2,1H3,(H,15,16,17). The highest BCUT2D eigenvalue weighted by Gasteiger charge is 1.95. The highest BCUT2D eigenvalue weighted by atomic mass is 16.5. The van der Waals surface area contributed by atoms with Crippen LogP contribution in [0, 0.1) is 11.8 Å². The van der Waals surface area contributed by atoms with Crippen LogP contribution in [0.25, 0.3) is 0 Å². The fourth-order valence-corrected chi connectivity index (χ4v) is 1.51. The second kappa shape index (κ2) is 10.8. The van der Waals surface area contributed by atoms with Crippen molar-refractivity contribution in [1.82, 2.24) is 20.7 Å². The van der Waals surface area contributed by atoms with Crippen LogP contribution in [0.2, 0.25) is 0 Å². The molecule has 0 radical (unpaired) electrons. The number of nitrogens with zero attached hydrogens (tertiary/aromatic N) is 2. The minimum atomic E-state index is 0.743. The summed E-state index contributed by atoms with van der Waals surface area (Å²) in [6.07, 6.45) is 5.70. The summed E-state index contributed by atoms with van der Waals surface area (Å²) in [6.45, 7) is 5.41. The van der Waals surface area contributed by atoms with Crippen LogP contribution in [0.15, 0.2) is 6.20 Å². The van der Waals surface area contributed by atoms with Gasteiger partial charge in [-0.1, -0.05) is 0 Å². The van der Waals surface area contributed by atoms with Crippen molar-refractivity contribution in [3.05, 3.63) is 11.9 Å². The van der Waals surface area contributed by atoms with Crippen LogP contribution in [0.5, 0.6) is 0 Å². The van der Waals surface area contributed by atoms with E-state index in [0.29, 0.717) is 0 Å². The Morgan fingerprint density at radius 3 is 3.00 bits per heavy atom. The van der Waals surface area contributed by atoms with Crippen LogP contribution in [-0.4, -0.2) is 41.7 Å². The van der Waals surface area contributed by atoms with Gasteiger partial charge in [-0.05, 0) is 39.3 Å². The zero-order chi connectivity index (χ0) is 12.9. The molecule has 2 N–H and O–H groups in total. The number of aromatic amines is 1. The maximum atomic E-state index is 5.44. The second-order valence-corrected chi connectivity index (χ2v) is 3.96. The van der Waals surface area contributed by atoms with Gasteiger partial charge in [0.15, 0.2) is 0 Å². The van der Waals surface area contributed by atoms with Gasteiger partial charge in [0.2, 0.25) is 0 Å². The summed E-state index contributed by atoms with van der Waals surface area (Å²) in [6, 6.07) is 0. The first kappa shape index (κ1) is 14.7. The van der Waals surface area contributed by atoms with E-state index >= 15 is 0 Å². The first-order valence-electron chi connectivity index (χ1n) is 6.46. The van der Waals surface area contributed by atoms with Crippen LogP contribution in [0.1, 0.15) is 31.9 Å². The molecule has 18 heavy (non-hydrogen) atoms. The van der Waals surface area contributed by atoms with Crippen molar-refractivity contribution in [2.45, 2.75) is 32.6 Å². The second-order valence-electron chi connectivity index (χ2n) is 3.96. The molecule has 0 saturated carbocycles. The Morgan fingerprint density at radius 1 is 1.33 bits per heavy atom. The maximum Gasteiger partial charge on any atom is 0.0825 e. The lowest BCUT2D eigenvalue weighted by molar-refractivity contribution is 0.137. The van der Waals surface area contributed by atoms with Gasteiger partial charge in [0.1, 0.15) is 0 Å². The lowest BCUT2D eigenvalue weighted by Gasteiger charge is -2.04. The van der Waals surface area contributed by atoms with Crippen molar-refractivity contribution in [1.29, 1.82) is 0 Å². The topological polar surface area (TPSA) is 62.8 Å². The minimum absolute atomic E-state index is 0.743. The third-order valence-electron chi connectivity index (χ3n) is 2.44. The van der Waals surface area contributed by atoms with Gasteiger partial charge in [0.25, 0.3) is 0 Å². The van der Waals surface area contributed by atoms with Gasteiger partial charge < -0.3 is 10.1 Å². The van der Waals surface area contributed by atoms with Crippen LogP contribution in [0.3, 0.4) is 0 Å². The number of ether oxygens (including phenoxy) is 1. The Kier molecular flexibility index (Phi) is 8.77. The quantitative estimate of drug-likeness (QED) is 0.483. The van der Waals surface area contributed by atoms with Crippen LogP contribution < -0.4 is 5.32 Å². The Bertz CT molecular complexity index is 340. The molecule has 0 unspecified atom stereocenters. The molecule has 1 heterocycles. The molecule has 1 aromatic rings. The average molecular weight is 250 g/mol. The summed E-state index contributed by atoms with van der Waals surface area (Å²) in [7, 11) is 0. The molecule has 5 heteroatoms. The number of hydrogen-bond acceptors (Lipinski definition) is 4. The summed E-state index contributed by atoms with van der Waals surface area (Å²) >= 11 is 0. The molecule has 0 amide bonds. The number of hydrogen-bond donors (Lipinski definition) is 2. The normalized spacial score (nSPS) is 10.1. The first-order valence-corrected chi connectivity index (χ1v) is 6.46. The fraction of sp³-hybridized carbons (Fsp3) is 0.692. The molecule has 0 aliphatic rings. The molecule has 0 aliphatic carbocycles. The molecule has 1 aromatic heterocycles. The zero-order valence-corrected chi connectivity index (χ0v) is 11.0. The molecule has 1 rings (SSSR count). The summed E-state index contributed by atoms with van der Waals surface area (Å²) in [5, 5.41) is 13.8. The number of aromatic nitrogens is 3. The van der Waals surface area contributed by atoms with Crippen LogP contribution >= 0.6 is 0 Å². The van der Waals surface area contributed by atoms with E-state index in [2.05, 4.69) is 32.6 Å². The van der Waals surface area contributed by atoms with Gasteiger partial charge in [-0.2, -0.15) is 15.4 Å². The first-order chi connectivity index (χ1) is 8.93. The summed E-state index contributed by atoms with van der Waals surface area (Å²) in [5.41, 5.74) is 1.03. The highest BCUT2D eigenvalue weighted by molar-refractivity contribution is 4.94. The van der Waals surface area contributed by atoms with Crippen LogP contribution in [-0.2, 0) is 11.2 Å². The van der Waals surface area contributed by atoms with E-state index in [1.165, 1.54) is 0 Å². The smallest absolute Gasteiger partial charge is 0.0825 e. The summed E-state index contributed by atoms with van der Waals surface area (Å²) in [5.74, 6) is 5.83. The summed E-state index contributed by atoms with van der Waals surface area (Å²) < 4.78 is 5.44. The van der Waals surface area contributed by atoms with Crippen molar-refractivity contribution in [2.24, 2.45) is 0 Å². The number of nitrogens with one attached hydrogen (secondary N) is 2. The molecule has 5 nitrogen and oxygen atoms in total. The lowest BCUT2D eigenvalue weighted by Crippen LogP contribution is -2.18. The lowest BCUT2D eigenvalue weighted by atomic mass is 10.2. The highest BCUT2D eigenvalue weighted by Crippen LogP contribution is 1.93. The molecule has 0 bridgehead atoms. The SMILES string of the molecule is CC#CCCOCCCNCCCc1cn[nH]n1. The molecule has 100 valence electrons. The van der Waals surface area contributed by atoms with Gasteiger partial charge in [0, 0.05) is 13.0 Å². The van der Waals surface area contributed by atoms with E-state index in [0.717, 1.165) is 57.7 Å². The molecule has 0 aromatic carbocycles. The Hall–Kier alpha value is -1.38. The van der Waals surface area contributed by atoms with Gasteiger partial charge in [0.05, 0.1) is 18.5 Å². The monoisotopic (exact) mass is 250 g/mol. The van der Waals surface area contributed by atoms with E-state index in [-0.39, 0.29) is 0 Å². The van der Waals surface area contributed by atoms with E-state index in [4.69, 9.17) is 4.74 Å². The molecule has 0 aliphatic heterocycles. The summed E-state index contributed by atoms with van der Waals surface area (Å²) in [4.78, 5) is 0. The number of rotatable bonds is 10. The van der Waals surface area contributed by atoms with Gasteiger partial charge in [-0.25, -0.2) is 0 Å². The molecular formula is C13H22N4O. The van der Waals surface area contributed by atoms with E-state index in [1.807, 2.05) is 6.92 Å². The predicted molar refractivity (Wildman–Crippen MR) is 71.1 cm³/mol. The Labute approximate surface area is 109 Å². The molecule has 0 atom stereocenters.